The maximum absolute atomic E-state index is 15.1. The number of primary amides is 1. The number of alkyl halides is 2. The van der Waals surface area contributed by atoms with Gasteiger partial charge in [0.15, 0.2) is 17.0 Å². The van der Waals surface area contributed by atoms with Crippen LogP contribution >= 0.6 is 0 Å². The van der Waals surface area contributed by atoms with Gasteiger partial charge in [0.1, 0.15) is 5.69 Å². The number of H-pyrrole nitrogens is 1. The molecule has 0 aliphatic heterocycles. The SMILES string of the molecule is CCC1CC(c2ccc(F)c(F)c2OC)[C@@H](c2cc(=O)c3c(C(N)=O)nccc3[nH]2)CC1(F)F. The lowest BCUT2D eigenvalue weighted by Gasteiger charge is -2.41. The van der Waals surface area contributed by atoms with Crippen molar-refractivity contribution in [2.24, 2.45) is 11.7 Å². The average molecular weight is 477 g/mol. The maximum Gasteiger partial charge on any atom is 0.268 e. The zero-order valence-corrected chi connectivity index (χ0v) is 18.5. The van der Waals surface area contributed by atoms with Gasteiger partial charge < -0.3 is 15.5 Å². The third kappa shape index (κ3) is 3.91. The highest BCUT2D eigenvalue weighted by molar-refractivity contribution is 6.03. The molecule has 1 aliphatic carbocycles. The number of aromatic nitrogens is 2. The molecule has 3 atom stereocenters. The molecule has 0 saturated heterocycles. The van der Waals surface area contributed by atoms with Crippen LogP contribution in [-0.2, 0) is 0 Å². The van der Waals surface area contributed by atoms with Gasteiger partial charge in [0.05, 0.1) is 18.0 Å². The number of aromatic amines is 1. The molecule has 180 valence electrons. The van der Waals surface area contributed by atoms with E-state index in [0.29, 0.717) is 0 Å². The molecular formula is C24H23F4N3O3. The summed E-state index contributed by atoms with van der Waals surface area (Å²) < 4.78 is 63.6. The number of ether oxygens (including phenoxy) is 1. The molecule has 0 radical (unpaired) electrons. The van der Waals surface area contributed by atoms with Crippen molar-refractivity contribution >= 4 is 16.8 Å². The smallest absolute Gasteiger partial charge is 0.268 e. The molecule has 2 unspecified atom stereocenters. The lowest BCUT2D eigenvalue weighted by atomic mass is 9.67. The number of fused-ring (bicyclic) bond motifs is 1. The van der Waals surface area contributed by atoms with Crippen molar-refractivity contribution in [3.8, 4) is 5.75 Å². The van der Waals surface area contributed by atoms with Gasteiger partial charge in [-0.2, -0.15) is 4.39 Å². The van der Waals surface area contributed by atoms with Crippen LogP contribution in [0.1, 0.15) is 59.8 Å². The number of amides is 1. The molecule has 3 aromatic rings. The first-order valence-electron chi connectivity index (χ1n) is 10.8. The van der Waals surface area contributed by atoms with Crippen molar-refractivity contribution in [1.82, 2.24) is 9.97 Å². The van der Waals surface area contributed by atoms with E-state index >= 15 is 8.78 Å². The van der Waals surface area contributed by atoms with Crippen LogP contribution in [0, 0.1) is 17.6 Å². The second-order valence-electron chi connectivity index (χ2n) is 8.54. The Balaban J connectivity index is 1.92. The van der Waals surface area contributed by atoms with E-state index in [2.05, 4.69) is 9.97 Å². The summed E-state index contributed by atoms with van der Waals surface area (Å²) in [6, 6.07) is 4.85. The summed E-state index contributed by atoms with van der Waals surface area (Å²) >= 11 is 0. The Kier molecular flexibility index (Phi) is 6.09. The molecule has 1 saturated carbocycles. The Hall–Kier alpha value is -3.43. The number of pyridine rings is 2. The Morgan fingerprint density at radius 1 is 1.26 bits per heavy atom. The van der Waals surface area contributed by atoms with Crippen LogP contribution in [-0.4, -0.2) is 28.9 Å². The van der Waals surface area contributed by atoms with Gasteiger partial charge in [-0.1, -0.05) is 13.0 Å². The quantitative estimate of drug-likeness (QED) is 0.524. The van der Waals surface area contributed by atoms with Crippen LogP contribution in [0.25, 0.3) is 10.9 Å². The number of methoxy groups -OCH3 is 1. The molecule has 1 amide bonds. The van der Waals surface area contributed by atoms with Crippen LogP contribution in [0.15, 0.2) is 35.3 Å². The molecule has 3 N–H and O–H groups in total. The van der Waals surface area contributed by atoms with E-state index in [1.807, 2.05) is 0 Å². The maximum atomic E-state index is 15.1. The largest absolute Gasteiger partial charge is 0.493 e. The third-order valence-corrected chi connectivity index (χ3v) is 6.69. The summed E-state index contributed by atoms with van der Waals surface area (Å²) in [5.41, 5.74) is 5.12. The van der Waals surface area contributed by atoms with Gasteiger partial charge in [-0.3, -0.25) is 14.6 Å². The number of benzene rings is 1. The number of nitrogens with two attached hydrogens (primary N) is 1. The number of hydrogen-bond acceptors (Lipinski definition) is 4. The molecule has 2 aromatic heterocycles. The van der Waals surface area contributed by atoms with Gasteiger partial charge in [0.2, 0.25) is 5.82 Å². The molecule has 1 aliphatic rings. The van der Waals surface area contributed by atoms with Crippen molar-refractivity contribution in [2.45, 2.75) is 43.9 Å². The van der Waals surface area contributed by atoms with Crippen LogP contribution < -0.4 is 15.9 Å². The number of nitrogens with one attached hydrogen (secondary N) is 1. The molecule has 1 aromatic carbocycles. The van der Waals surface area contributed by atoms with Crippen LogP contribution in [0.4, 0.5) is 17.6 Å². The number of carbonyl (C=O) groups is 1. The molecule has 10 heteroatoms. The predicted molar refractivity (Wildman–Crippen MR) is 117 cm³/mol. The van der Waals surface area contributed by atoms with Gasteiger partial charge in [-0.25, -0.2) is 13.2 Å². The highest BCUT2D eigenvalue weighted by Gasteiger charge is 2.50. The van der Waals surface area contributed by atoms with E-state index in [1.54, 1.807) is 6.92 Å². The molecule has 6 nitrogen and oxygen atoms in total. The summed E-state index contributed by atoms with van der Waals surface area (Å²) in [6.45, 7) is 1.65. The standard InChI is InChI=1S/C24H23F4N3O3/c1-3-11-8-13(12-4-5-15(25)20(26)22(12)34-2)14(10-24(11,27)28)17-9-18(32)19-16(31-17)6-7-30-21(19)23(29)33/h4-7,9,11,13-14H,3,8,10H2,1-2H3,(H2,29,33)(H,31,32)/t11?,13?,14-/m0/s1. The van der Waals surface area contributed by atoms with Crippen molar-refractivity contribution in [1.29, 1.82) is 0 Å². The first kappa shape index (κ1) is 23.7. The second kappa shape index (κ2) is 8.73. The molecular weight excluding hydrogens is 454 g/mol. The van der Waals surface area contributed by atoms with E-state index in [9.17, 15) is 18.4 Å². The van der Waals surface area contributed by atoms with Gasteiger partial charge in [-0.15, -0.1) is 0 Å². The minimum Gasteiger partial charge on any atom is -0.493 e. The topological polar surface area (TPSA) is 98.1 Å². The van der Waals surface area contributed by atoms with E-state index in [4.69, 9.17) is 10.5 Å². The third-order valence-electron chi connectivity index (χ3n) is 6.69. The Labute approximate surface area is 192 Å². The number of hydrogen-bond donors (Lipinski definition) is 2. The van der Waals surface area contributed by atoms with E-state index < -0.39 is 53.1 Å². The zero-order valence-electron chi connectivity index (χ0n) is 18.5. The molecule has 1 fully saturated rings. The fourth-order valence-corrected chi connectivity index (χ4v) is 5.03. The Morgan fingerprint density at radius 2 is 2.00 bits per heavy atom. The van der Waals surface area contributed by atoms with E-state index in [-0.39, 0.29) is 46.4 Å². The zero-order chi connectivity index (χ0) is 24.8. The summed E-state index contributed by atoms with van der Waals surface area (Å²) in [4.78, 5) is 31.5. The monoisotopic (exact) mass is 477 g/mol. The number of carbonyl (C=O) groups excluding carboxylic acids is 1. The first-order valence-corrected chi connectivity index (χ1v) is 10.8. The van der Waals surface area contributed by atoms with Crippen LogP contribution in [0.3, 0.4) is 0 Å². The minimum absolute atomic E-state index is 0.0292. The van der Waals surface area contributed by atoms with Gasteiger partial charge in [0.25, 0.3) is 11.8 Å². The van der Waals surface area contributed by atoms with Gasteiger partial charge >= 0.3 is 0 Å². The van der Waals surface area contributed by atoms with Crippen LogP contribution in [0.2, 0.25) is 0 Å². The average Bonchev–Trinajstić information content (AvgIpc) is 2.79. The molecule has 2 heterocycles. The predicted octanol–water partition coefficient (Wildman–Crippen LogP) is 4.63. The lowest BCUT2D eigenvalue weighted by molar-refractivity contribution is -0.0985. The molecule has 34 heavy (non-hydrogen) atoms. The van der Waals surface area contributed by atoms with Crippen molar-refractivity contribution in [3.05, 3.63) is 69.3 Å². The van der Waals surface area contributed by atoms with Crippen molar-refractivity contribution in [3.63, 3.8) is 0 Å². The van der Waals surface area contributed by atoms with E-state index in [1.165, 1.54) is 25.4 Å². The fourth-order valence-electron chi connectivity index (χ4n) is 5.03. The van der Waals surface area contributed by atoms with Gasteiger partial charge in [-0.05, 0) is 30.9 Å². The van der Waals surface area contributed by atoms with Crippen LogP contribution in [0.5, 0.6) is 5.75 Å². The summed E-state index contributed by atoms with van der Waals surface area (Å²) in [5, 5.41) is -0.0466. The Morgan fingerprint density at radius 3 is 2.65 bits per heavy atom. The lowest BCUT2D eigenvalue weighted by Crippen LogP contribution is -2.39. The normalized spacial score (nSPS) is 22.0. The Bertz CT molecular complexity index is 1320. The van der Waals surface area contributed by atoms with E-state index in [0.717, 1.165) is 12.1 Å². The molecule has 0 bridgehead atoms. The molecule has 0 spiro atoms. The minimum atomic E-state index is -3.05. The fraction of sp³-hybridized carbons (Fsp3) is 0.375. The summed E-state index contributed by atoms with van der Waals surface area (Å²) in [7, 11) is 1.18. The first-order chi connectivity index (χ1) is 16.1. The number of halogens is 4. The number of nitrogens with zero attached hydrogens (tertiary/aromatic N) is 1. The summed E-state index contributed by atoms with van der Waals surface area (Å²) in [5.74, 6) is -9.25. The van der Waals surface area contributed by atoms with Crippen molar-refractivity contribution in [2.75, 3.05) is 7.11 Å². The second-order valence-corrected chi connectivity index (χ2v) is 8.54. The van der Waals surface area contributed by atoms with Crippen molar-refractivity contribution < 1.29 is 27.1 Å². The molecule has 4 rings (SSSR count). The number of rotatable bonds is 5. The highest BCUT2D eigenvalue weighted by atomic mass is 19.3. The van der Waals surface area contributed by atoms with Gasteiger partial charge in [0, 0.05) is 41.8 Å². The highest BCUT2D eigenvalue weighted by Crippen LogP contribution is 2.54. The summed E-state index contributed by atoms with van der Waals surface area (Å²) in [6.07, 6.45) is 0.816.